The molecule has 0 radical (unpaired) electrons. The van der Waals surface area contributed by atoms with Gasteiger partial charge in [0.1, 0.15) is 0 Å². The van der Waals surface area contributed by atoms with Crippen LogP contribution in [-0.2, 0) is 11.2 Å². The third-order valence-corrected chi connectivity index (χ3v) is 7.00. The maximum absolute atomic E-state index is 13.0. The summed E-state index contributed by atoms with van der Waals surface area (Å²) in [5.74, 6) is 0.273. The van der Waals surface area contributed by atoms with Crippen LogP contribution in [0.25, 0.3) is 10.1 Å². The van der Waals surface area contributed by atoms with Gasteiger partial charge in [-0.1, -0.05) is 25.0 Å². The van der Waals surface area contributed by atoms with Gasteiger partial charge in [0.05, 0.1) is 6.42 Å². The summed E-state index contributed by atoms with van der Waals surface area (Å²) in [7, 11) is 2.04. The number of fused-ring (bicyclic) bond motifs is 1. The molecule has 1 saturated heterocycles. The Labute approximate surface area is 166 Å². The van der Waals surface area contributed by atoms with Crippen molar-refractivity contribution >= 4 is 39.7 Å². The highest BCUT2D eigenvalue weighted by atomic mass is 35.5. The number of thiophene rings is 1. The first-order valence-corrected chi connectivity index (χ1v) is 10.6. The molecule has 1 aliphatic carbocycles. The Morgan fingerprint density at radius 3 is 2.73 bits per heavy atom. The van der Waals surface area contributed by atoms with Crippen molar-refractivity contribution in [3.63, 3.8) is 0 Å². The second kappa shape index (κ2) is 8.73. The lowest BCUT2D eigenvalue weighted by Gasteiger charge is -2.42. The number of likely N-dealkylation sites (tertiary alicyclic amines) is 1. The Morgan fingerprint density at radius 1 is 1.15 bits per heavy atom. The van der Waals surface area contributed by atoms with Crippen LogP contribution in [-0.4, -0.2) is 47.9 Å². The van der Waals surface area contributed by atoms with Crippen LogP contribution in [0.1, 0.15) is 44.1 Å². The van der Waals surface area contributed by atoms with Crippen LogP contribution >= 0.6 is 23.7 Å². The van der Waals surface area contributed by atoms with Gasteiger partial charge in [0, 0.05) is 23.8 Å². The zero-order valence-electron chi connectivity index (χ0n) is 15.5. The molecular weight excluding hydrogens is 364 g/mol. The highest BCUT2D eigenvalue weighted by Gasteiger charge is 2.35. The molecule has 26 heavy (non-hydrogen) atoms. The summed E-state index contributed by atoms with van der Waals surface area (Å²) in [5, 5.41) is 3.36. The molecule has 1 aromatic heterocycles. The molecule has 1 aliphatic heterocycles. The molecule has 142 valence electrons. The van der Waals surface area contributed by atoms with Gasteiger partial charge in [0.25, 0.3) is 0 Å². The first-order valence-electron chi connectivity index (χ1n) is 9.69. The Morgan fingerprint density at radius 2 is 1.92 bits per heavy atom. The van der Waals surface area contributed by atoms with E-state index < -0.39 is 0 Å². The maximum atomic E-state index is 13.0. The van der Waals surface area contributed by atoms with Gasteiger partial charge >= 0.3 is 0 Å². The number of hydrogen-bond acceptors (Lipinski definition) is 3. The Kier molecular flexibility index (Phi) is 6.60. The first-order chi connectivity index (χ1) is 12.2. The van der Waals surface area contributed by atoms with Crippen molar-refractivity contribution in [1.29, 1.82) is 0 Å². The Balaban J connectivity index is 0.00000196. The van der Waals surface area contributed by atoms with E-state index in [1.807, 2.05) is 7.05 Å². The summed E-state index contributed by atoms with van der Waals surface area (Å²) in [6.45, 7) is 2.44. The zero-order valence-corrected chi connectivity index (χ0v) is 17.2. The van der Waals surface area contributed by atoms with Crippen LogP contribution in [0.3, 0.4) is 0 Å². The van der Waals surface area contributed by atoms with Gasteiger partial charge < -0.3 is 4.90 Å². The van der Waals surface area contributed by atoms with Crippen LogP contribution in [0.5, 0.6) is 0 Å². The molecule has 5 heteroatoms. The fourth-order valence-corrected chi connectivity index (χ4v) is 5.56. The fourth-order valence-electron chi connectivity index (χ4n) is 4.73. The van der Waals surface area contributed by atoms with Crippen molar-refractivity contribution in [2.45, 2.75) is 57.0 Å². The van der Waals surface area contributed by atoms with Crippen molar-refractivity contribution in [2.24, 2.45) is 0 Å². The van der Waals surface area contributed by atoms with Crippen molar-refractivity contribution in [1.82, 2.24) is 9.80 Å². The van der Waals surface area contributed by atoms with E-state index in [9.17, 15) is 4.79 Å². The molecule has 0 unspecified atom stereocenters. The predicted molar refractivity (Wildman–Crippen MR) is 112 cm³/mol. The Bertz CT molecular complexity index is 740. The van der Waals surface area contributed by atoms with Crippen molar-refractivity contribution in [2.75, 3.05) is 20.1 Å². The minimum absolute atomic E-state index is 0. The van der Waals surface area contributed by atoms with Crippen LogP contribution in [0, 0.1) is 0 Å². The molecule has 4 rings (SSSR count). The predicted octanol–water partition coefficient (Wildman–Crippen LogP) is 4.73. The SMILES string of the molecule is CN(C(=O)Cc1cccc2sccc12)[C@@H]1CCCC[C@H]1N1CCCC1.Cl. The number of benzene rings is 1. The average molecular weight is 393 g/mol. The third-order valence-electron chi connectivity index (χ3n) is 6.12. The quantitative estimate of drug-likeness (QED) is 0.750. The summed E-state index contributed by atoms with van der Waals surface area (Å²) in [4.78, 5) is 17.8. The molecule has 1 aromatic carbocycles. The van der Waals surface area contributed by atoms with Gasteiger partial charge in [-0.05, 0) is 67.2 Å². The van der Waals surface area contributed by atoms with E-state index in [1.165, 1.54) is 60.8 Å². The minimum atomic E-state index is 0. The van der Waals surface area contributed by atoms with Gasteiger partial charge in [0.2, 0.25) is 5.91 Å². The highest BCUT2D eigenvalue weighted by Crippen LogP contribution is 2.30. The molecule has 0 bridgehead atoms. The second-order valence-corrected chi connectivity index (χ2v) is 8.54. The summed E-state index contributed by atoms with van der Waals surface area (Å²) in [5.41, 5.74) is 1.17. The standard InChI is InChI=1S/C21H28N2OS.ClH/c1-22(18-8-2-3-9-19(18)23-12-4-5-13-23)21(24)15-16-7-6-10-20-17(16)11-14-25-20;/h6-7,10-11,14,18-19H,2-5,8-9,12-13,15H2,1H3;1H/t18-,19-;/m1./s1. The summed E-state index contributed by atoms with van der Waals surface area (Å²) in [6, 6.07) is 9.44. The number of amides is 1. The second-order valence-electron chi connectivity index (χ2n) is 7.59. The van der Waals surface area contributed by atoms with Crippen LogP contribution in [0.2, 0.25) is 0 Å². The largest absolute Gasteiger partial charge is 0.341 e. The van der Waals surface area contributed by atoms with Crippen molar-refractivity contribution in [3.8, 4) is 0 Å². The highest BCUT2D eigenvalue weighted by molar-refractivity contribution is 7.17. The minimum Gasteiger partial charge on any atom is -0.341 e. The molecule has 2 aromatic rings. The van der Waals surface area contributed by atoms with Crippen LogP contribution in [0.4, 0.5) is 0 Å². The number of hydrogen-bond donors (Lipinski definition) is 0. The van der Waals surface area contributed by atoms with Gasteiger partial charge in [-0.15, -0.1) is 23.7 Å². The molecule has 2 atom stereocenters. The summed E-state index contributed by atoms with van der Waals surface area (Å²) >= 11 is 1.75. The number of halogens is 1. The molecule has 3 nitrogen and oxygen atoms in total. The maximum Gasteiger partial charge on any atom is 0.227 e. The van der Waals surface area contributed by atoms with E-state index in [0.29, 0.717) is 18.5 Å². The fraction of sp³-hybridized carbons (Fsp3) is 0.571. The number of rotatable bonds is 4. The van der Waals surface area contributed by atoms with E-state index >= 15 is 0 Å². The lowest BCUT2D eigenvalue weighted by atomic mass is 9.88. The molecule has 2 fully saturated rings. The summed E-state index contributed by atoms with van der Waals surface area (Å²) in [6.07, 6.45) is 8.14. The third kappa shape index (κ3) is 3.92. The number of likely N-dealkylation sites (N-methyl/N-ethyl adjacent to an activating group) is 1. The average Bonchev–Trinajstić information content (AvgIpc) is 3.33. The van der Waals surface area contributed by atoms with Gasteiger partial charge in [-0.2, -0.15) is 0 Å². The molecule has 2 heterocycles. The van der Waals surface area contributed by atoms with E-state index in [2.05, 4.69) is 39.4 Å². The zero-order chi connectivity index (χ0) is 17.2. The molecule has 0 spiro atoms. The van der Waals surface area contributed by atoms with E-state index in [1.54, 1.807) is 11.3 Å². The molecule has 1 saturated carbocycles. The summed E-state index contributed by atoms with van der Waals surface area (Å²) < 4.78 is 1.28. The van der Waals surface area contributed by atoms with E-state index in [-0.39, 0.29) is 18.3 Å². The number of carbonyl (C=O) groups is 1. The number of carbonyl (C=O) groups excluding carboxylic acids is 1. The molecule has 0 N–H and O–H groups in total. The van der Waals surface area contributed by atoms with Crippen LogP contribution in [0.15, 0.2) is 29.6 Å². The van der Waals surface area contributed by atoms with E-state index in [0.717, 1.165) is 6.42 Å². The van der Waals surface area contributed by atoms with Gasteiger partial charge in [0.15, 0.2) is 0 Å². The van der Waals surface area contributed by atoms with E-state index in [4.69, 9.17) is 0 Å². The molecule has 1 amide bonds. The monoisotopic (exact) mass is 392 g/mol. The van der Waals surface area contributed by atoms with Crippen molar-refractivity contribution < 1.29 is 4.79 Å². The van der Waals surface area contributed by atoms with Gasteiger partial charge in [-0.3, -0.25) is 9.69 Å². The number of nitrogens with zero attached hydrogens (tertiary/aromatic N) is 2. The smallest absolute Gasteiger partial charge is 0.227 e. The van der Waals surface area contributed by atoms with Crippen molar-refractivity contribution in [3.05, 3.63) is 35.2 Å². The first kappa shape index (κ1) is 19.7. The van der Waals surface area contributed by atoms with Crippen LogP contribution < -0.4 is 0 Å². The van der Waals surface area contributed by atoms with Gasteiger partial charge in [-0.25, -0.2) is 0 Å². The molecule has 2 aliphatic rings. The lowest BCUT2D eigenvalue weighted by Crippen LogP contribution is -2.53. The Hall–Kier alpha value is -1.10. The normalized spacial score (nSPS) is 23.7. The molecular formula is C21H29ClN2OS. The lowest BCUT2D eigenvalue weighted by molar-refractivity contribution is -0.133. The topological polar surface area (TPSA) is 23.6 Å².